The van der Waals surface area contributed by atoms with Gasteiger partial charge in [0, 0.05) is 38.6 Å². The van der Waals surface area contributed by atoms with Crippen LogP contribution in [0.3, 0.4) is 0 Å². The lowest BCUT2D eigenvalue weighted by atomic mass is 10.4. The molecule has 1 aromatic rings. The molecule has 14 heavy (non-hydrogen) atoms. The molecule has 2 rings (SSSR count). The van der Waals surface area contributed by atoms with Gasteiger partial charge in [-0.05, 0) is 31.6 Å². The highest BCUT2D eigenvalue weighted by molar-refractivity contribution is 4.90. The lowest BCUT2D eigenvalue weighted by Gasteiger charge is -2.19. The summed E-state index contributed by atoms with van der Waals surface area (Å²) in [4.78, 5) is 2.54. The van der Waals surface area contributed by atoms with Gasteiger partial charge in [0.15, 0.2) is 0 Å². The molecule has 1 aliphatic rings. The molecule has 0 radical (unpaired) electrons. The minimum Gasteiger partial charge on any atom is -0.353 e. The van der Waals surface area contributed by atoms with Crippen LogP contribution in [0.25, 0.3) is 0 Å². The second-order valence-corrected chi connectivity index (χ2v) is 3.87. The van der Waals surface area contributed by atoms with Gasteiger partial charge in [-0.25, -0.2) is 0 Å². The van der Waals surface area contributed by atoms with Gasteiger partial charge in [0.25, 0.3) is 0 Å². The molecular weight excluding hydrogens is 174 g/mol. The second-order valence-electron chi connectivity index (χ2n) is 3.87. The van der Waals surface area contributed by atoms with Gasteiger partial charge in [0.1, 0.15) is 0 Å². The summed E-state index contributed by atoms with van der Waals surface area (Å²) in [6.45, 7) is 7.06. The number of hydrogen-bond acceptors (Lipinski definition) is 2. The first-order valence-electron chi connectivity index (χ1n) is 5.49. The number of nitrogens with one attached hydrogen (secondary N) is 1. The maximum Gasteiger partial charge on any atom is 0.0347 e. The fraction of sp³-hybridized carbons (Fsp3) is 0.636. The van der Waals surface area contributed by atoms with E-state index in [1.54, 1.807) is 0 Å². The number of rotatable bonds is 3. The van der Waals surface area contributed by atoms with Crippen LogP contribution in [0.1, 0.15) is 6.42 Å². The topological polar surface area (TPSA) is 20.2 Å². The summed E-state index contributed by atoms with van der Waals surface area (Å²) in [6.07, 6.45) is 5.55. The Hall–Kier alpha value is -0.800. The average molecular weight is 193 g/mol. The van der Waals surface area contributed by atoms with E-state index in [4.69, 9.17) is 0 Å². The van der Waals surface area contributed by atoms with E-state index in [1.807, 2.05) is 0 Å². The maximum atomic E-state index is 3.42. The molecular formula is C11H19N3. The lowest BCUT2D eigenvalue weighted by molar-refractivity contribution is 0.280. The molecule has 78 valence electrons. The van der Waals surface area contributed by atoms with E-state index < -0.39 is 0 Å². The normalized spacial score (nSPS) is 19.4. The van der Waals surface area contributed by atoms with Crippen molar-refractivity contribution in [3.8, 4) is 0 Å². The van der Waals surface area contributed by atoms with Crippen molar-refractivity contribution in [3.63, 3.8) is 0 Å². The van der Waals surface area contributed by atoms with Gasteiger partial charge >= 0.3 is 0 Å². The maximum absolute atomic E-state index is 3.42. The van der Waals surface area contributed by atoms with Crippen molar-refractivity contribution >= 4 is 0 Å². The molecule has 0 amide bonds. The summed E-state index contributed by atoms with van der Waals surface area (Å²) in [6, 6.07) is 4.17. The summed E-state index contributed by atoms with van der Waals surface area (Å²) in [5.41, 5.74) is 0. The lowest BCUT2D eigenvalue weighted by Crippen LogP contribution is -2.30. The van der Waals surface area contributed by atoms with Crippen LogP contribution in [0.15, 0.2) is 24.5 Å². The molecule has 3 nitrogen and oxygen atoms in total. The van der Waals surface area contributed by atoms with Gasteiger partial charge in [0.2, 0.25) is 0 Å². The predicted molar refractivity (Wildman–Crippen MR) is 58.4 cm³/mol. The first-order valence-corrected chi connectivity index (χ1v) is 5.49. The van der Waals surface area contributed by atoms with Crippen molar-refractivity contribution in [1.29, 1.82) is 0 Å². The van der Waals surface area contributed by atoms with Crippen molar-refractivity contribution < 1.29 is 0 Å². The third-order valence-electron chi connectivity index (χ3n) is 2.77. The fourth-order valence-corrected chi connectivity index (χ4v) is 1.90. The number of aromatic nitrogens is 1. The van der Waals surface area contributed by atoms with Gasteiger partial charge in [0.05, 0.1) is 0 Å². The third-order valence-corrected chi connectivity index (χ3v) is 2.77. The Bertz CT molecular complexity index is 235. The highest BCUT2D eigenvalue weighted by Gasteiger charge is 2.07. The van der Waals surface area contributed by atoms with Crippen molar-refractivity contribution in [2.24, 2.45) is 0 Å². The predicted octanol–water partition coefficient (Wildman–Crippen LogP) is 0.783. The minimum atomic E-state index is 1.12. The van der Waals surface area contributed by atoms with Crippen LogP contribution in [0, 0.1) is 0 Å². The first-order chi connectivity index (χ1) is 6.95. The van der Waals surface area contributed by atoms with Crippen LogP contribution in [-0.4, -0.2) is 42.2 Å². The van der Waals surface area contributed by atoms with Gasteiger partial charge < -0.3 is 14.8 Å². The van der Waals surface area contributed by atoms with E-state index in [0.717, 1.165) is 13.1 Å². The largest absolute Gasteiger partial charge is 0.353 e. The molecule has 0 atom stereocenters. The third kappa shape index (κ3) is 2.86. The highest BCUT2D eigenvalue weighted by Crippen LogP contribution is 1.97. The van der Waals surface area contributed by atoms with E-state index >= 15 is 0 Å². The van der Waals surface area contributed by atoms with E-state index in [0.29, 0.717) is 0 Å². The highest BCUT2D eigenvalue weighted by atomic mass is 15.2. The monoisotopic (exact) mass is 193 g/mol. The zero-order chi connectivity index (χ0) is 9.64. The summed E-state index contributed by atoms with van der Waals surface area (Å²) in [5, 5.41) is 3.42. The number of hydrogen-bond donors (Lipinski definition) is 1. The van der Waals surface area contributed by atoms with Gasteiger partial charge in [-0.3, -0.25) is 0 Å². The van der Waals surface area contributed by atoms with Gasteiger partial charge in [-0.1, -0.05) is 0 Å². The molecule has 1 aromatic heterocycles. The summed E-state index contributed by atoms with van der Waals surface area (Å²) in [5.74, 6) is 0. The minimum absolute atomic E-state index is 1.12. The molecule has 3 heteroatoms. The Labute approximate surface area is 85.7 Å². The van der Waals surface area contributed by atoms with Crippen molar-refractivity contribution in [2.45, 2.75) is 13.0 Å². The van der Waals surface area contributed by atoms with Crippen LogP contribution in [-0.2, 0) is 6.54 Å². The van der Waals surface area contributed by atoms with Crippen LogP contribution >= 0.6 is 0 Å². The fourth-order valence-electron chi connectivity index (χ4n) is 1.90. The Balaban J connectivity index is 1.73. The Kier molecular flexibility index (Phi) is 3.60. The molecule has 0 unspecified atom stereocenters. The molecule has 2 heterocycles. The SMILES string of the molecule is c1ccn(CCN2CCCNCC2)c1. The Morgan fingerprint density at radius 1 is 1.00 bits per heavy atom. The quantitative estimate of drug-likeness (QED) is 0.765. The smallest absolute Gasteiger partial charge is 0.0347 e. The Morgan fingerprint density at radius 2 is 1.86 bits per heavy atom. The molecule has 1 fully saturated rings. The molecule has 1 N–H and O–H groups in total. The summed E-state index contributed by atoms with van der Waals surface area (Å²) < 4.78 is 2.25. The summed E-state index contributed by atoms with van der Waals surface area (Å²) >= 11 is 0. The van der Waals surface area contributed by atoms with Crippen LogP contribution in [0.2, 0.25) is 0 Å². The molecule has 0 aliphatic carbocycles. The van der Waals surface area contributed by atoms with Crippen molar-refractivity contribution in [3.05, 3.63) is 24.5 Å². The standard InChI is InChI=1S/C11H19N3/c1-2-7-13(6-1)10-11-14-8-3-4-12-5-9-14/h1-2,6-7,12H,3-5,8-11H2. The zero-order valence-electron chi connectivity index (χ0n) is 8.65. The summed E-state index contributed by atoms with van der Waals surface area (Å²) in [7, 11) is 0. The molecule has 1 aliphatic heterocycles. The molecule has 0 saturated carbocycles. The molecule has 0 aromatic carbocycles. The van der Waals surface area contributed by atoms with Gasteiger partial charge in [-0.15, -0.1) is 0 Å². The second kappa shape index (κ2) is 5.17. The van der Waals surface area contributed by atoms with E-state index in [9.17, 15) is 0 Å². The zero-order valence-corrected chi connectivity index (χ0v) is 8.65. The van der Waals surface area contributed by atoms with Crippen molar-refractivity contribution in [2.75, 3.05) is 32.7 Å². The first kappa shape index (κ1) is 9.74. The van der Waals surface area contributed by atoms with E-state index in [2.05, 4.69) is 39.3 Å². The van der Waals surface area contributed by atoms with E-state index in [1.165, 1.54) is 32.6 Å². The van der Waals surface area contributed by atoms with Crippen LogP contribution < -0.4 is 5.32 Å². The molecule has 0 spiro atoms. The van der Waals surface area contributed by atoms with Crippen LogP contribution in [0.4, 0.5) is 0 Å². The average Bonchev–Trinajstić information content (AvgIpc) is 2.58. The van der Waals surface area contributed by atoms with Gasteiger partial charge in [-0.2, -0.15) is 0 Å². The molecule has 0 bridgehead atoms. The van der Waals surface area contributed by atoms with Crippen molar-refractivity contribution in [1.82, 2.24) is 14.8 Å². The van der Waals surface area contributed by atoms with Crippen LogP contribution in [0.5, 0.6) is 0 Å². The Morgan fingerprint density at radius 3 is 2.71 bits per heavy atom. The molecule has 1 saturated heterocycles. The van der Waals surface area contributed by atoms with E-state index in [-0.39, 0.29) is 0 Å². The number of nitrogens with zero attached hydrogens (tertiary/aromatic N) is 2.